The molecule has 4 heteroatoms. The highest BCUT2D eigenvalue weighted by Gasteiger charge is 2.46. The van der Waals surface area contributed by atoms with Gasteiger partial charge in [-0.15, -0.1) is 0 Å². The summed E-state index contributed by atoms with van der Waals surface area (Å²) in [6.07, 6.45) is 8.84. The molecular formula is C25H22FNO2. The van der Waals surface area contributed by atoms with Crippen molar-refractivity contribution in [1.82, 2.24) is 0 Å². The third-order valence-corrected chi connectivity index (χ3v) is 6.71. The Hall–Kier alpha value is -3.01. The number of allylic oxidation sites excluding steroid dienone is 4. The van der Waals surface area contributed by atoms with Crippen molar-refractivity contribution in [3.8, 4) is 0 Å². The fourth-order valence-electron chi connectivity index (χ4n) is 5.31. The smallest absolute Gasteiger partial charge is 0.197 e. The Labute approximate surface area is 169 Å². The standard InChI is InChI=1S/C25H22FNO2/c1-27-21-11-9-16(26)15-20(21)25(13-5-2-6-14-25)22(27)12-10-19-23(28)17-7-3-4-8-18(17)24(19)29/h3-4,7-12,15H,2,5-6,13-14H2,1H3/b22-12+. The molecule has 2 aliphatic carbocycles. The van der Waals surface area contributed by atoms with Crippen LogP contribution >= 0.6 is 0 Å². The van der Waals surface area contributed by atoms with E-state index in [0.29, 0.717) is 11.1 Å². The number of Topliss-reactive ketones (excluding diaryl/α,β-unsaturated/α-hetero) is 2. The van der Waals surface area contributed by atoms with Gasteiger partial charge in [0.15, 0.2) is 11.6 Å². The predicted octanol–water partition coefficient (Wildman–Crippen LogP) is 5.37. The first-order valence-corrected chi connectivity index (χ1v) is 10.2. The van der Waals surface area contributed by atoms with E-state index in [0.717, 1.165) is 42.6 Å². The molecule has 1 spiro atoms. The number of anilines is 1. The maximum atomic E-state index is 14.1. The summed E-state index contributed by atoms with van der Waals surface area (Å²) in [5.41, 5.74) is 3.97. The first-order valence-electron chi connectivity index (χ1n) is 10.2. The SMILES string of the molecule is CN1/C(=C/C=C2C(=O)c3ccccc3C2=O)C2(CCCCC2)c2cc(F)ccc21. The van der Waals surface area contributed by atoms with Crippen LogP contribution in [-0.2, 0) is 5.41 Å². The molecular weight excluding hydrogens is 365 g/mol. The number of rotatable bonds is 1. The quantitative estimate of drug-likeness (QED) is 0.488. The first kappa shape index (κ1) is 18.0. The van der Waals surface area contributed by atoms with E-state index in [2.05, 4.69) is 4.90 Å². The van der Waals surface area contributed by atoms with Crippen LogP contribution < -0.4 is 4.90 Å². The summed E-state index contributed by atoms with van der Waals surface area (Å²) < 4.78 is 14.1. The minimum Gasteiger partial charge on any atom is -0.347 e. The molecule has 1 heterocycles. The van der Waals surface area contributed by atoms with E-state index in [-0.39, 0.29) is 28.4 Å². The molecule has 0 atom stereocenters. The van der Waals surface area contributed by atoms with Gasteiger partial charge in [-0.2, -0.15) is 0 Å². The average molecular weight is 387 g/mol. The highest BCUT2D eigenvalue weighted by atomic mass is 19.1. The van der Waals surface area contributed by atoms with Crippen molar-refractivity contribution >= 4 is 17.3 Å². The predicted molar refractivity (Wildman–Crippen MR) is 111 cm³/mol. The van der Waals surface area contributed by atoms with E-state index in [9.17, 15) is 14.0 Å². The lowest BCUT2D eigenvalue weighted by molar-refractivity contribution is 0.0988. The number of ketones is 2. The molecule has 0 saturated heterocycles. The van der Waals surface area contributed by atoms with Crippen molar-refractivity contribution < 1.29 is 14.0 Å². The minimum absolute atomic E-state index is 0.209. The Kier molecular flexibility index (Phi) is 4.05. The fraction of sp³-hybridized carbons (Fsp3) is 0.280. The summed E-state index contributed by atoms with van der Waals surface area (Å²) in [7, 11) is 1.98. The summed E-state index contributed by atoms with van der Waals surface area (Å²) in [5.74, 6) is -0.660. The summed E-state index contributed by atoms with van der Waals surface area (Å²) >= 11 is 0. The molecule has 0 N–H and O–H groups in total. The molecule has 0 bridgehead atoms. The maximum Gasteiger partial charge on any atom is 0.197 e. The largest absolute Gasteiger partial charge is 0.347 e. The normalized spacial score (nSPS) is 21.1. The van der Waals surface area contributed by atoms with Crippen molar-refractivity contribution in [2.24, 2.45) is 0 Å². The van der Waals surface area contributed by atoms with Crippen LogP contribution in [-0.4, -0.2) is 18.6 Å². The van der Waals surface area contributed by atoms with Gasteiger partial charge in [-0.3, -0.25) is 9.59 Å². The molecule has 0 radical (unpaired) electrons. The average Bonchev–Trinajstić information content (AvgIpc) is 3.10. The van der Waals surface area contributed by atoms with E-state index >= 15 is 0 Å². The van der Waals surface area contributed by atoms with E-state index < -0.39 is 0 Å². The first-order chi connectivity index (χ1) is 14.0. The van der Waals surface area contributed by atoms with Gasteiger partial charge < -0.3 is 4.90 Å². The Morgan fingerprint density at radius 2 is 1.59 bits per heavy atom. The van der Waals surface area contributed by atoms with E-state index in [4.69, 9.17) is 0 Å². The molecule has 0 aromatic heterocycles. The lowest BCUT2D eigenvalue weighted by atomic mass is 9.68. The highest BCUT2D eigenvalue weighted by molar-refractivity contribution is 6.39. The Morgan fingerprint density at radius 1 is 0.931 bits per heavy atom. The number of nitrogens with zero attached hydrogens (tertiary/aromatic N) is 1. The van der Waals surface area contributed by atoms with Gasteiger partial charge in [0.05, 0.1) is 5.57 Å². The number of carbonyl (C=O) groups is 2. The summed E-state index contributed by atoms with van der Waals surface area (Å²) in [6.45, 7) is 0. The molecule has 1 saturated carbocycles. The molecule has 2 aromatic rings. The molecule has 0 amide bonds. The van der Waals surface area contributed by atoms with Crippen LogP contribution in [0.1, 0.15) is 58.4 Å². The molecule has 3 nitrogen and oxygen atoms in total. The van der Waals surface area contributed by atoms with Gasteiger partial charge >= 0.3 is 0 Å². The Balaban J connectivity index is 1.62. The van der Waals surface area contributed by atoms with Crippen LogP contribution in [0.4, 0.5) is 10.1 Å². The zero-order valence-electron chi connectivity index (χ0n) is 16.4. The molecule has 5 rings (SSSR count). The molecule has 2 aromatic carbocycles. The van der Waals surface area contributed by atoms with Gasteiger partial charge in [0.1, 0.15) is 5.82 Å². The second-order valence-electron chi connectivity index (χ2n) is 8.20. The lowest BCUT2D eigenvalue weighted by Crippen LogP contribution is -2.32. The van der Waals surface area contributed by atoms with Crippen LogP contribution in [0.2, 0.25) is 0 Å². The van der Waals surface area contributed by atoms with Gasteiger partial charge in [-0.05, 0) is 48.8 Å². The summed E-state index contributed by atoms with van der Waals surface area (Å²) in [6, 6.07) is 11.9. The third kappa shape index (κ3) is 2.55. The minimum atomic E-state index is -0.251. The monoisotopic (exact) mass is 387 g/mol. The molecule has 1 fully saturated rings. The van der Waals surface area contributed by atoms with Crippen LogP contribution in [0.3, 0.4) is 0 Å². The molecule has 0 unspecified atom stereocenters. The molecule has 1 aliphatic heterocycles. The zero-order valence-corrected chi connectivity index (χ0v) is 16.4. The van der Waals surface area contributed by atoms with Crippen molar-refractivity contribution in [2.45, 2.75) is 37.5 Å². The summed E-state index contributed by atoms with van der Waals surface area (Å²) in [5, 5.41) is 0. The number of halogens is 1. The van der Waals surface area contributed by atoms with Gasteiger partial charge in [0.2, 0.25) is 0 Å². The number of hydrogen-bond donors (Lipinski definition) is 0. The van der Waals surface area contributed by atoms with E-state index in [1.807, 2.05) is 19.2 Å². The number of benzene rings is 2. The van der Waals surface area contributed by atoms with Crippen LogP contribution in [0.25, 0.3) is 0 Å². The second-order valence-corrected chi connectivity index (χ2v) is 8.20. The van der Waals surface area contributed by atoms with Crippen molar-refractivity contribution in [1.29, 1.82) is 0 Å². The van der Waals surface area contributed by atoms with Crippen LogP contribution in [0, 0.1) is 5.82 Å². The molecule has 146 valence electrons. The van der Waals surface area contributed by atoms with Crippen molar-refractivity contribution in [2.75, 3.05) is 11.9 Å². The zero-order chi connectivity index (χ0) is 20.2. The number of fused-ring (bicyclic) bond motifs is 3. The molecule has 3 aliphatic rings. The fourth-order valence-corrected chi connectivity index (χ4v) is 5.31. The Morgan fingerprint density at radius 3 is 2.24 bits per heavy atom. The van der Waals surface area contributed by atoms with E-state index in [1.54, 1.807) is 36.4 Å². The maximum absolute atomic E-state index is 14.1. The number of hydrogen-bond acceptors (Lipinski definition) is 3. The second kappa shape index (κ2) is 6.51. The van der Waals surface area contributed by atoms with Crippen LogP contribution in [0.5, 0.6) is 0 Å². The van der Waals surface area contributed by atoms with Crippen LogP contribution in [0.15, 0.2) is 65.9 Å². The van der Waals surface area contributed by atoms with Gasteiger partial charge in [0, 0.05) is 35.0 Å². The lowest BCUT2D eigenvalue weighted by Gasteiger charge is -2.36. The van der Waals surface area contributed by atoms with Crippen molar-refractivity contribution in [3.05, 3.63) is 88.4 Å². The van der Waals surface area contributed by atoms with E-state index in [1.165, 1.54) is 12.5 Å². The van der Waals surface area contributed by atoms with Gasteiger partial charge in [0.25, 0.3) is 0 Å². The highest BCUT2D eigenvalue weighted by Crippen LogP contribution is 2.54. The van der Waals surface area contributed by atoms with Gasteiger partial charge in [-0.1, -0.05) is 43.5 Å². The third-order valence-electron chi connectivity index (χ3n) is 6.71. The van der Waals surface area contributed by atoms with Gasteiger partial charge in [-0.25, -0.2) is 4.39 Å². The summed E-state index contributed by atoms with van der Waals surface area (Å²) in [4.78, 5) is 27.6. The van der Waals surface area contributed by atoms with Crippen molar-refractivity contribution in [3.63, 3.8) is 0 Å². The molecule has 29 heavy (non-hydrogen) atoms. The Bertz CT molecular complexity index is 1070. The number of likely N-dealkylation sites (N-methyl/N-ethyl adjacent to an activating group) is 1. The number of carbonyl (C=O) groups excluding carboxylic acids is 2. The topological polar surface area (TPSA) is 37.4 Å².